The zero-order valence-corrected chi connectivity index (χ0v) is 9.98. The molecule has 1 unspecified atom stereocenters. The highest BCUT2D eigenvalue weighted by Crippen LogP contribution is 2.39. The minimum atomic E-state index is 0.327. The average molecular weight is 221 g/mol. The smallest absolute Gasteiger partial charge is 0.0392 e. The van der Waals surface area contributed by atoms with Crippen LogP contribution in [0, 0.1) is 5.92 Å². The van der Waals surface area contributed by atoms with Crippen LogP contribution < -0.4 is 5.73 Å². The highest BCUT2D eigenvalue weighted by atomic mass is 32.1. The van der Waals surface area contributed by atoms with Crippen molar-refractivity contribution in [3.8, 4) is 0 Å². The summed E-state index contributed by atoms with van der Waals surface area (Å²) in [6, 6.07) is 2.72. The molecular weight excluding hydrogens is 202 g/mol. The Kier molecular flexibility index (Phi) is 2.57. The summed E-state index contributed by atoms with van der Waals surface area (Å²) in [5.41, 5.74) is 7.86. The summed E-state index contributed by atoms with van der Waals surface area (Å²) in [6.07, 6.45) is 9.40. The number of fused-ring (bicyclic) bond motifs is 1. The van der Waals surface area contributed by atoms with Gasteiger partial charge in [0.1, 0.15) is 0 Å². The number of hydrogen-bond acceptors (Lipinski definition) is 2. The van der Waals surface area contributed by atoms with Crippen LogP contribution in [0.15, 0.2) is 6.07 Å². The molecule has 0 spiro atoms. The van der Waals surface area contributed by atoms with Gasteiger partial charge in [-0.2, -0.15) is 0 Å². The van der Waals surface area contributed by atoms with Gasteiger partial charge in [-0.25, -0.2) is 0 Å². The molecule has 0 amide bonds. The van der Waals surface area contributed by atoms with Crippen LogP contribution in [-0.2, 0) is 12.8 Å². The maximum absolute atomic E-state index is 6.26. The minimum absolute atomic E-state index is 0.327. The molecule has 0 saturated heterocycles. The van der Waals surface area contributed by atoms with Gasteiger partial charge in [-0.3, -0.25) is 0 Å². The van der Waals surface area contributed by atoms with E-state index >= 15 is 0 Å². The topological polar surface area (TPSA) is 26.0 Å². The van der Waals surface area contributed by atoms with Gasteiger partial charge in [-0.1, -0.05) is 12.8 Å². The van der Waals surface area contributed by atoms with Gasteiger partial charge in [0.2, 0.25) is 0 Å². The number of nitrogens with two attached hydrogens (primary N) is 1. The molecule has 1 fully saturated rings. The summed E-state index contributed by atoms with van der Waals surface area (Å²) in [4.78, 5) is 3.08. The molecule has 0 aromatic carbocycles. The Bertz CT molecular complexity index is 328. The summed E-state index contributed by atoms with van der Waals surface area (Å²) in [6.45, 7) is 0. The predicted octanol–water partition coefficient (Wildman–Crippen LogP) is 3.43. The normalized spacial score (nSPS) is 22.5. The van der Waals surface area contributed by atoms with E-state index in [1.54, 1.807) is 10.4 Å². The zero-order chi connectivity index (χ0) is 10.3. The van der Waals surface area contributed by atoms with E-state index in [0.29, 0.717) is 6.04 Å². The third-order valence-corrected chi connectivity index (χ3v) is 5.03. The fourth-order valence-corrected chi connectivity index (χ4v) is 3.80. The Morgan fingerprint density at radius 2 is 2.13 bits per heavy atom. The van der Waals surface area contributed by atoms with E-state index in [0.717, 1.165) is 5.92 Å². The summed E-state index contributed by atoms with van der Waals surface area (Å²) in [5, 5.41) is 0. The van der Waals surface area contributed by atoms with Crippen molar-refractivity contribution in [1.29, 1.82) is 0 Å². The van der Waals surface area contributed by atoms with Crippen LogP contribution in [0.3, 0.4) is 0 Å². The van der Waals surface area contributed by atoms with Crippen LogP contribution in [0.2, 0.25) is 0 Å². The van der Waals surface area contributed by atoms with Gasteiger partial charge in [-0.15, -0.1) is 11.3 Å². The fourth-order valence-electron chi connectivity index (χ4n) is 2.53. The molecule has 1 saturated carbocycles. The molecule has 15 heavy (non-hydrogen) atoms. The third kappa shape index (κ3) is 2.11. The van der Waals surface area contributed by atoms with Crippen molar-refractivity contribution < 1.29 is 0 Å². The van der Waals surface area contributed by atoms with Crippen molar-refractivity contribution in [2.45, 2.75) is 51.0 Å². The van der Waals surface area contributed by atoms with Crippen molar-refractivity contribution in [3.63, 3.8) is 0 Å². The van der Waals surface area contributed by atoms with Gasteiger partial charge < -0.3 is 5.73 Å². The van der Waals surface area contributed by atoms with Gasteiger partial charge in [0.25, 0.3) is 0 Å². The second-order valence-electron chi connectivity index (χ2n) is 5.09. The van der Waals surface area contributed by atoms with E-state index in [2.05, 4.69) is 6.07 Å². The lowest BCUT2D eigenvalue weighted by molar-refractivity contribution is 0.604. The van der Waals surface area contributed by atoms with Crippen molar-refractivity contribution in [3.05, 3.63) is 21.4 Å². The highest BCUT2D eigenvalue weighted by molar-refractivity contribution is 7.12. The molecule has 2 N–H and O–H groups in total. The van der Waals surface area contributed by atoms with E-state index in [1.807, 2.05) is 11.3 Å². The molecule has 2 aliphatic carbocycles. The SMILES string of the molecule is NC(CC1CC1)c1cc2c(s1)CCCC2. The van der Waals surface area contributed by atoms with Crippen LogP contribution in [0.4, 0.5) is 0 Å². The monoisotopic (exact) mass is 221 g/mol. The van der Waals surface area contributed by atoms with Gasteiger partial charge >= 0.3 is 0 Å². The molecule has 0 aliphatic heterocycles. The lowest BCUT2D eigenvalue weighted by atomic mass is 9.98. The standard InChI is InChI=1S/C13H19NS/c14-11(7-9-5-6-9)13-8-10-3-1-2-4-12(10)15-13/h8-9,11H,1-7,14H2. The molecule has 0 radical (unpaired) electrons. The minimum Gasteiger partial charge on any atom is -0.323 e. The Morgan fingerprint density at radius 1 is 1.33 bits per heavy atom. The van der Waals surface area contributed by atoms with Crippen molar-refractivity contribution >= 4 is 11.3 Å². The molecule has 0 bridgehead atoms. The molecule has 3 rings (SSSR count). The Morgan fingerprint density at radius 3 is 2.87 bits per heavy atom. The zero-order valence-electron chi connectivity index (χ0n) is 9.17. The van der Waals surface area contributed by atoms with E-state index in [1.165, 1.54) is 49.8 Å². The largest absolute Gasteiger partial charge is 0.323 e. The summed E-state index contributed by atoms with van der Waals surface area (Å²) >= 11 is 1.99. The van der Waals surface area contributed by atoms with Crippen molar-refractivity contribution in [2.75, 3.05) is 0 Å². The van der Waals surface area contributed by atoms with Crippen LogP contribution in [-0.4, -0.2) is 0 Å². The second-order valence-corrected chi connectivity index (χ2v) is 6.26. The maximum atomic E-state index is 6.26. The summed E-state index contributed by atoms with van der Waals surface area (Å²) in [5.74, 6) is 0.944. The number of rotatable bonds is 3. The average Bonchev–Trinajstić information content (AvgIpc) is 2.95. The van der Waals surface area contributed by atoms with E-state index in [-0.39, 0.29) is 0 Å². The van der Waals surface area contributed by atoms with E-state index in [9.17, 15) is 0 Å². The van der Waals surface area contributed by atoms with Gasteiger partial charge in [-0.05, 0) is 49.7 Å². The third-order valence-electron chi connectivity index (χ3n) is 3.67. The van der Waals surface area contributed by atoms with E-state index < -0.39 is 0 Å². The number of hydrogen-bond donors (Lipinski definition) is 1. The van der Waals surface area contributed by atoms with Crippen molar-refractivity contribution in [2.24, 2.45) is 11.7 Å². The molecule has 1 heterocycles. The Hall–Kier alpha value is -0.340. The predicted molar refractivity (Wildman–Crippen MR) is 65.2 cm³/mol. The lowest BCUT2D eigenvalue weighted by Gasteiger charge is -2.08. The van der Waals surface area contributed by atoms with Crippen LogP contribution in [0.5, 0.6) is 0 Å². The molecule has 1 nitrogen and oxygen atoms in total. The van der Waals surface area contributed by atoms with Crippen LogP contribution >= 0.6 is 11.3 Å². The molecule has 82 valence electrons. The first-order valence-corrected chi connectivity index (χ1v) is 7.01. The Labute approximate surface area is 95.7 Å². The molecule has 1 atom stereocenters. The van der Waals surface area contributed by atoms with Gasteiger partial charge in [0, 0.05) is 15.8 Å². The highest BCUT2D eigenvalue weighted by Gasteiger charge is 2.26. The Balaban J connectivity index is 1.75. The van der Waals surface area contributed by atoms with Gasteiger partial charge in [0.15, 0.2) is 0 Å². The van der Waals surface area contributed by atoms with Crippen LogP contribution in [0.1, 0.15) is 53.5 Å². The van der Waals surface area contributed by atoms with Gasteiger partial charge in [0.05, 0.1) is 0 Å². The second kappa shape index (κ2) is 3.91. The quantitative estimate of drug-likeness (QED) is 0.831. The lowest BCUT2D eigenvalue weighted by Crippen LogP contribution is -2.09. The fraction of sp³-hybridized carbons (Fsp3) is 0.692. The first kappa shape index (κ1) is 9.86. The van der Waals surface area contributed by atoms with E-state index in [4.69, 9.17) is 5.73 Å². The van der Waals surface area contributed by atoms with Crippen LogP contribution in [0.25, 0.3) is 0 Å². The summed E-state index contributed by atoms with van der Waals surface area (Å²) < 4.78 is 0. The van der Waals surface area contributed by atoms with Crippen molar-refractivity contribution in [1.82, 2.24) is 0 Å². The molecule has 2 aliphatic rings. The maximum Gasteiger partial charge on any atom is 0.0392 e. The molecule has 2 heteroatoms. The number of thiophene rings is 1. The molecule has 1 aromatic heterocycles. The molecular formula is C13H19NS. The number of aryl methyl sites for hydroxylation is 2. The first-order chi connectivity index (χ1) is 7.33. The first-order valence-electron chi connectivity index (χ1n) is 6.20. The summed E-state index contributed by atoms with van der Waals surface area (Å²) in [7, 11) is 0. The molecule has 1 aromatic rings.